The fourth-order valence-corrected chi connectivity index (χ4v) is 5.66. The number of sulfonamides is 1. The molecule has 2 atom stereocenters. The van der Waals surface area contributed by atoms with E-state index in [9.17, 15) is 13.2 Å². The van der Waals surface area contributed by atoms with Gasteiger partial charge in [0.2, 0.25) is 0 Å². The Hall–Kier alpha value is -1.86. The Morgan fingerprint density at radius 1 is 0.964 bits per heavy atom. The molecule has 148 valence electrons. The van der Waals surface area contributed by atoms with E-state index in [2.05, 4.69) is 20.7 Å². The smallest absolute Gasteiger partial charge is 0.261 e. The lowest BCUT2D eigenvalue weighted by Crippen LogP contribution is -2.39. The summed E-state index contributed by atoms with van der Waals surface area (Å²) in [5, 5.41) is 0. The van der Waals surface area contributed by atoms with Crippen LogP contribution in [-0.4, -0.2) is 31.8 Å². The number of halogens is 1. The zero-order chi connectivity index (χ0) is 19.7. The second-order valence-corrected chi connectivity index (χ2v) is 10.1. The summed E-state index contributed by atoms with van der Waals surface area (Å²) >= 11 is 3.30. The summed E-state index contributed by atoms with van der Waals surface area (Å²) in [6, 6.07) is 13.5. The molecule has 1 aliphatic carbocycles. The van der Waals surface area contributed by atoms with Gasteiger partial charge in [-0.15, -0.1) is 0 Å². The molecule has 2 aromatic carbocycles. The molecule has 1 saturated heterocycles. The minimum atomic E-state index is -3.66. The maximum absolute atomic E-state index is 12.9. The van der Waals surface area contributed by atoms with Crippen molar-refractivity contribution in [3.05, 3.63) is 58.6 Å². The highest BCUT2D eigenvalue weighted by molar-refractivity contribution is 9.10. The van der Waals surface area contributed by atoms with E-state index in [0.717, 1.165) is 23.9 Å². The van der Waals surface area contributed by atoms with E-state index in [1.165, 1.54) is 31.4 Å². The Balaban J connectivity index is 1.46. The summed E-state index contributed by atoms with van der Waals surface area (Å²) in [7, 11) is -3.66. The van der Waals surface area contributed by atoms with E-state index in [1.807, 2.05) is 4.90 Å². The number of rotatable bonds is 4. The summed E-state index contributed by atoms with van der Waals surface area (Å²) in [6.07, 6.45) is 5.90. The zero-order valence-corrected chi connectivity index (χ0v) is 17.9. The lowest BCUT2D eigenvalue weighted by atomic mass is 9.85. The Morgan fingerprint density at radius 3 is 2.36 bits per heavy atom. The predicted octanol–water partition coefficient (Wildman–Crippen LogP) is 4.65. The van der Waals surface area contributed by atoms with Gasteiger partial charge in [-0.3, -0.25) is 9.52 Å². The molecule has 1 amide bonds. The average molecular weight is 463 g/mol. The molecular formula is C21H23BrN2O3S. The maximum atomic E-state index is 12.9. The maximum Gasteiger partial charge on any atom is 0.261 e. The van der Waals surface area contributed by atoms with Crippen molar-refractivity contribution in [1.29, 1.82) is 0 Å². The number of hydrogen-bond acceptors (Lipinski definition) is 3. The molecule has 0 radical (unpaired) electrons. The SMILES string of the molecule is O=C(c1ccc(NS(=O)(=O)c2ccc(Br)cc2)cc1)N1CCC2CCCCC21. The molecule has 4 rings (SSSR count). The monoisotopic (exact) mass is 462 g/mol. The molecule has 0 spiro atoms. The van der Waals surface area contributed by atoms with Gasteiger partial charge in [0.1, 0.15) is 0 Å². The molecule has 2 unspecified atom stereocenters. The summed E-state index contributed by atoms with van der Waals surface area (Å²) < 4.78 is 28.4. The molecule has 1 saturated carbocycles. The molecule has 28 heavy (non-hydrogen) atoms. The highest BCUT2D eigenvalue weighted by Crippen LogP contribution is 2.36. The van der Waals surface area contributed by atoms with Crippen LogP contribution in [-0.2, 0) is 10.0 Å². The van der Waals surface area contributed by atoms with Gasteiger partial charge in [0.25, 0.3) is 15.9 Å². The molecule has 0 bridgehead atoms. The van der Waals surface area contributed by atoms with Crippen molar-refractivity contribution in [2.24, 2.45) is 5.92 Å². The second kappa shape index (κ2) is 7.87. The van der Waals surface area contributed by atoms with Gasteiger partial charge in [0, 0.05) is 28.3 Å². The fraction of sp³-hybridized carbons (Fsp3) is 0.381. The predicted molar refractivity (Wildman–Crippen MR) is 113 cm³/mol. The van der Waals surface area contributed by atoms with Gasteiger partial charge in [-0.25, -0.2) is 8.42 Å². The third kappa shape index (κ3) is 3.96. The van der Waals surface area contributed by atoms with Crippen molar-refractivity contribution in [1.82, 2.24) is 4.90 Å². The van der Waals surface area contributed by atoms with E-state index in [1.54, 1.807) is 36.4 Å². The van der Waals surface area contributed by atoms with E-state index in [0.29, 0.717) is 23.2 Å². The molecule has 1 heterocycles. The number of carbonyl (C=O) groups excluding carboxylic acids is 1. The number of fused-ring (bicyclic) bond motifs is 1. The van der Waals surface area contributed by atoms with Gasteiger partial charge in [-0.1, -0.05) is 28.8 Å². The van der Waals surface area contributed by atoms with Crippen LogP contribution in [0, 0.1) is 5.92 Å². The first-order chi connectivity index (χ1) is 13.4. The van der Waals surface area contributed by atoms with Gasteiger partial charge in [-0.05, 0) is 73.7 Å². The Morgan fingerprint density at radius 2 is 1.64 bits per heavy atom. The van der Waals surface area contributed by atoms with Crippen LogP contribution in [0.2, 0.25) is 0 Å². The summed E-state index contributed by atoms with van der Waals surface area (Å²) in [5.74, 6) is 0.700. The first-order valence-corrected chi connectivity index (χ1v) is 11.9. The number of hydrogen-bond donors (Lipinski definition) is 1. The summed E-state index contributed by atoms with van der Waals surface area (Å²) in [5.41, 5.74) is 1.05. The van der Waals surface area contributed by atoms with Crippen LogP contribution in [0.3, 0.4) is 0 Å². The number of anilines is 1. The number of nitrogens with one attached hydrogen (secondary N) is 1. The molecule has 0 aromatic heterocycles. The van der Waals surface area contributed by atoms with Gasteiger partial charge in [0.05, 0.1) is 4.90 Å². The van der Waals surface area contributed by atoms with E-state index < -0.39 is 10.0 Å². The largest absolute Gasteiger partial charge is 0.335 e. The number of carbonyl (C=O) groups is 1. The Kier molecular flexibility index (Phi) is 5.47. The van der Waals surface area contributed by atoms with E-state index in [-0.39, 0.29) is 10.8 Å². The van der Waals surface area contributed by atoms with E-state index >= 15 is 0 Å². The molecule has 1 aliphatic heterocycles. The third-order valence-electron chi connectivity index (χ3n) is 5.78. The van der Waals surface area contributed by atoms with Crippen molar-refractivity contribution in [3.63, 3.8) is 0 Å². The lowest BCUT2D eigenvalue weighted by Gasteiger charge is -2.31. The minimum absolute atomic E-state index is 0.0525. The zero-order valence-electron chi connectivity index (χ0n) is 15.5. The van der Waals surface area contributed by atoms with Crippen LogP contribution in [0.25, 0.3) is 0 Å². The van der Waals surface area contributed by atoms with E-state index in [4.69, 9.17) is 0 Å². The van der Waals surface area contributed by atoms with Crippen LogP contribution >= 0.6 is 15.9 Å². The third-order valence-corrected chi connectivity index (χ3v) is 7.70. The molecular weight excluding hydrogens is 440 g/mol. The van der Waals surface area contributed by atoms with Crippen molar-refractivity contribution in [2.45, 2.75) is 43.0 Å². The quantitative estimate of drug-likeness (QED) is 0.718. The van der Waals surface area contributed by atoms with Gasteiger partial charge >= 0.3 is 0 Å². The van der Waals surface area contributed by atoms with Crippen LogP contribution < -0.4 is 4.72 Å². The van der Waals surface area contributed by atoms with Gasteiger partial charge < -0.3 is 4.90 Å². The minimum Gasteiger partial charge on any atom is -0.335 e. The van der Waals surface area contributed by atoms with Gasteiger partial charge in [0.15, 0.2) is 0 Å². The van der Waals surface area contributed by atoms with Crippen molar-refractivity contribution in [3.8, 4) is 0 Å². The first-order valence-electron chi connectivity index (χ1n) is 9.63. The van der Waals surface area contributed by atoms with Crippen LogP contribution in [0.15, 0.2) is 57.9 Å². The summed E-state index contributed by atoms with van der Waals surface area (Å²) in [6.45, 7) is 0.826. The number of amides is 1. The molecule has 1 N–H and O–H groups in total. The second-order valence-electron chi connectivity index (χ2n) is 7.54. The van der Waals surface area contributed by atoms with Crippen molar-refractivity contribution in [2.75, 3.05) is 11.3 Å². The Bertz CT molecular complexity index is 958. The molecule has 2 aromatic rings. The van der Waals surface area contributed by atoms with Crippen LogP contribution in [0.5, 0.6) is 0 Å². The number of benzene rings is 2. The topological polar surface area (TPSA) is 66.5 Å². The number of nitrogens with zero attached hydrogens (tertiary/aromatic N) is 1. The first kappa shape index (κ1) is 19.5. The van der Waals surface area contributed by atoms with Crippen LogP contribution in [0.1, 0.15) is 42.5 Å². The molecule has 2 aliphatic rings. The molecule has 5 nitrogen and oxygen atoms in total. The Labute approximate surface area is 174 Å². The highest BCUT2D eigenvalue weighted by Gasteiger charge is 2.38. The van der Waals surface area contributed by atoms with Crippen molar-refractivity contribution >= 4 is 37.5 Å². The summed E-state index contributed by atoms with van der Waals surface area (Å²) in [4.78, 5) is 15.1. The van der Waals surface area contributed by atoms with Crippen LogP contribution in [0.4, 0.5) is 5.69 Å². The normalized spacial score (nSPS) is 22.0. The standard InChI is InChI=1S/C21H23BrN2O3S/c22-17-7-11-19(12-8-17)28(26,27)23-18-9-5-16(6-10-18)21(25)24-14-13-15-3-1-2-4-20(15)24/h5-12,15,20,23H,1-4,13-14H2. The molecule has 2 fully saturated rings. The number of likely N-dealkylation sites (tertiary alicyclic amines) is 1. The van der Waals surface area contributed by atoms with Gasteiger partial charge in [-0.2, -0.15) is 0 Å². The van der Waals surface area contributed by atoms with Crippen molar-refractivity contribution < 1.29 is 13.2 Å². The lowest BCUT2D eigenvalue weighted by molar-refractivity contribution is 0.0690. The average Bonchev–Trinajstić information content (AvgIpc) is 3.12. The highest BCUT2D eigenvalue weighted by atomic mass is 79.9. The fourth-order valence-electron chi connectivity index (χ4n) is 4.33. The molecule has 7 heteroatoms.